The number of rotatable bonds is 2. The third-order valence-electron chi connectivity index (χ3n) is 2.31. The van der Waals surface area contributed by atoms with Crippen molar-refractivity contribution in [3.63, 3.8) is 0 Å². The number of aliphatic hydroxyl groups excluding tert-OH is 1. The van der Waals surface area contributed by atoms with Gasteiger partial charge in [-0.25, -0.2) is 0 Å². The second-order valence-electron chi connectivity index (χ2n) is 4.66. The molecule has 0 amide bonds. The van der Waals surface area contributed by atoms with E-state index in [-0.39, 0.29) is 5.41 Å². The first-order valence-corrected chi connectivity index (χ1v) is 5.25. The van der Waals surface area contributed by atoms with Gasteiger partial charge in [-0.15, -0.1) is 0 Å². The number of aliphatic hydroxyl groups is 1. The minimum absolute atomic E-state index is 0.197. The monoisotopic (exact) mass is 228 g/mol. The molecule has 0 aliphatic heterocycles. The van der Waals surface area contributed by atoms with Crippen LogP contribution in [0.1, 0.15) is 32.4 Å². The molecule has 0 bridgehead atoms. The van der Waals surface area contributed by atoms with Crippen molar-refractivity contribution in [2.45, 2.75) is 26.9 Å². The minimum atomic E-state index is -0.527. The van der Waals surface area contributed by atoms with Gasteiger partial charge in [0.1, 0.15) is 5.75 Å². The van der Waals surface area contributed by atoms with E-state index in [1.54, 1.807) is 19.2 Å². The van der Waals surface area contributed by atoms with Crippen molar-refractivity contribution >= 4 is 11.6 Å². The second kappa shape index (κ2) is 4.42. The largest absolute Gasteiger partial charge is 0.495 e. The summed E-state index contributed by atoms with van der Waals surface area (Å²) in [7, 11) is 1.57. The van der Waals surface area contributed by atoms with Crippen LogP contribution in [0.25, 0.3) is 0 Å². The average molecular weight is 229 g/mol. The molecule has 0 saturated heterocycles. The Kier molecular flexibility index (Phi) is 3.63. The van der Waals surface area contributed by atoms with Gasteiger partial charge in [0, 0.05) is 0 Å². The third-order valence-corrected chi connectivity index (χ3v) is 2.61. The predicted octanol–water partition coefficient (Wildman–Crippen LogP) is 3.43. The van der Waals surface area contributed by atoms with Gasteiger partial charge < -0.3 is 9.84 Å². The number of hydrogen-bond acceptors (Lipinski definition) is 2. The van der Waals surface area contributed by atoms with Crippen molar-refractivity contribution in [1.29, 1.82) is 0 Å². The molecule has 0 spiro atoms. The maximum absolute atomic E-state index is 10.0. The minimum Gasteiger partial charge on any atom is -0.495 e. The van der Waals surface area contributed by atoms with Crippen LogP contribution >= 0.6 is 11.6 Å². The lowest BCUT2D eigenvalue weighted by Gasteiger charge is -2.26. The maximum Gasteiger partial charge on any atom is 0.137 e. The van der Waals surface area contributed by atoms with Crippen molar-refractivity contribution in [3.8, 4) is 5.75 Å². The Morgan fingerprint density at radius 1 is 1.33 bits per heavy atom. The summed E-state index contributed by atoms with van der Waals surface area (Å²) in [6, 6.07) is 5.35. The van der Waals surface area contributed by atoms with Gasteiger partial charge in [0.15, 0.2) is 0 Å². The van der Waals surface area contributed by atoms with Crippen molar-refractivity contribution in [3.05, 3.63) is 28.8 Å². The van der Waals surface area contributed by atoms with Crippen molar-refractivity contribution in [1.82, 2.24) is 0 Å². The van der Waals surface area contributed by atoms with Gasteiger partial charge in [-0.05, 0) is 23.1 Å². The van der Waals surface area contributed by atoms with E-state index in [4.69, 9.17) is 16.3 Å². The molecule has 0 saturated carbocycles. The van der Waals surface area contributed by atoms with E-state index < -0.39 is 6.10 Å². The number of ether oxygens (including phenoxy) is 1. The molecule has 1 N–H and O–H groups in total. The summed E-state index contributed by atoms with van der Waals surface area (Å²) >= 11 is 5.99. The fourth-order valence-corrected chi connectivity index (χ4v) is 1.62. The highest BCUT2D eigenvalue weighted by Gasteiger charge is 2.24. The van der Waals surface area contributed by atoms with Crippen LogP contribution in [0.3, 0.4) is 0 Å². The molecule has 1 aromatic carbocycles. The maximum atomic E-state index is 10.0. The van der Waals surface area contributed by atoms with E-state index in [0.29, 0.717) is 10.8 Å². The summed E-state index contributed by atoms with van der Waals surface area (Å²) in [6.45, 7) is 5.95. The summed E-state index contributed by atoms with van der Waals surface area (Å²) in [5.41, 5.74) is 0.617. The van der Waals surface area contributed by atoms with Crippen LogP contribution in [0.5, 0.6) is 5.75 Å². The molecule has 84 valence electrons. The zero-order valence-electron chi connectivity index (χ0n) is 9.54. The Morgan fingerprint density at radius 3 is 2.33 bits per heavy atom. The normalized spacial score (nSPS) is 13.7. The smallest absolute Gasteiger partial charge is 0.137 e. The van der Waals surface area contributed by atoms with Gasteiger partial charge >= 0.3 is 0 Å². The lowest BCUT2D eigenvalue weighted by atomic mass is 9.85. The van der Waals surface area contributed by atoms with Gasteiger partial charge in [-0.3, -0.25) is 0 Å². The van der Waals surface area contributed by atoms with Crippen LogP contribution in [0.2, 0.25) is 5.02 Å². The van der Waals surface area contributed by atoms with E-state index >= 15 is 0 Å². The van der Waals surface area contributed by atoms with Crippen molar-refractivity contribution < 1.29 is 9.84 Å². The highest BCUT2D eigenvalue weighted by atomic mass is 35.5. The van der Waals surface area contributed by atoms with E-state index in [0.717, 1.165) is 5.56 Å². The van der Waals surface area contributed by atoms with Crippen LogP contribution in [0.15, 0.2) is 18.2 Å². The Balaban J connectivity index is 3.02. The van der Waals surface area contributed by atoms with Crippen LogP contribution in [-0.2, 0) is 0 Å². The van der Waals surface area contributed by atoms with Gasteiger partial charge in [0.25, 0.3) is 0 Å². The standard InChI is InChI=1S/C12H17ClO2/c1-12(2,3)11(14)8-5-6-10(15-4)9(13)7-8/h5-7,11,14H,1-4H3. The molecule has 0 heterocycles. The molecule has 0 aliphatic rings. The van der Waals surface area contributed by atoms with Gasteiger partial charge in [0.2, 0.25) is 0 Å². The predicted molar refractivity (Wildman–Crippen MR) is 62.4 cm³/mol. The summed E-state index contributed by atoms with van der Waals surface area (Å²) in [5, 5.41) is 10.6. The van der Waals surface area contributed by atoms with Crippen LogP contribution in [0.4, 0.5) is 0 Å². The molecule has 2 nitrogen and oxygen atoms in total. The summed E-state index contributed by atoms with van der Waals surface area (Å²) in [6.07, 6.45) is -0.527. The van der Waals surface area contributed by atoms with Crippen LogP contribution < -0.4 is 4.74 Å². The molecule has 1 aromatic rings. The van der Waals surface area contributed by atoms with E-state index in [2.05, 4.69) is 0 Å². The first-order valence-electron chi connectivity index (χ1n) is 4.87. The van der Waals surface area contributed by atoms with Crippen molar-refractivity contribution in [2.24, 2.45) is 5.41 Å². The molecule has 0 radical (unpaired) electrons. The van der Waals surface area contributed by atoms with E-state index in [9.17, 15) is 5.11 Å². The summed E-state index contributed by atoms with van der Waals surface area (Å²) in [5.74, 6) is 0.626. The first kappa shape index (κ1) is 12.3. The fraction of sp³-hybridized carbons (Fsp3) is 0.500. The molecule has 15 heavy (non-hydrogen) atoms. The molecule has 1 unspecified atom stereocenters. The van der Waals surface area contributed by atoms with Gasteiger partial charge in [0.05, 0.1) is 18.2 Å². The fourth-order valence-electron chi connectivity index (χ4n) is 1.35. The van der Waals surface area contributed by atoms with Gasteiger partial charge in [-0.2, -0.15) is 0 Å². The lowest BCUT2D eigenvalue weighted by molar-refractivity contribution is 0.0626. The second-order valence-corrected chi connectivity index (χ2v) is 5.07. The number of methoxy groups -OCH3 is 1. The molecule has 0 aliphatic carbocycles. The van der Waals surface area contributed by atoms with Gasteiger partial charge in [-0.1, -0.05) is 38.4 Å². The van der Waals surface area contributed by atoms with Crippen LogP contribution in [0, 0.1) is 5.41 Å². The Bertz CT molecular complexity index is 342. The quantitative estimate of drug-likeness (QED) is 0.841. The Morgan fingerprint density at radius 2 is 1.93 bits per heavy atom. The molecule has 1 rings (SSSR count). The molecular formula is C12H17ClO2. The molecule has 0 fully saturated rings. The lowest BCUT2D eigenvalue weighted by Crippen LogP contribution is -2.17. The first-order chi connectivity index (χ1) is 6.86. The summed E-state index contributed by atoms with van der Waals surface area (Å²) in [4.78, 5) is 0. The highest BCUT2D eigenvalue weighted by molar-refractivity contribution is 6.32. The topological polar surface area (TPSA) is 29.5 Å². The Labute approximate surface area is 95.8 Å². The highest BCUT2D eigenvalue weighted by Crippen LogP contribution is 2.35. The SMILES string of the molecule is COc1ccc(C(O)C(C)(C)C)cc1Cl. The molecular weight excluding hydrogens is 212 g/mol. The third kappa shape index (κ3) is 2.86. The summed E-state index contributed by atoms with van der Waals surface area (Å²) < 4.78 is 5.05. The molecule has 1 atom stereocenters. The van der Waals surface area contributed by atoms with Crippen molar-refractivity contribution in [2.75, 3.05) is 7.11 Å². The number of halogens is 1. The zero-order valence-corrected chi connectivity index (χ0v) is 10.3. The molecule has 3 heteroatoms. The zero-order chi connectivity index (χ0) is 11.6. The number of benzene rings is 1. The Hall–Kier alpha value is -0.730. The van der Waals surface area contributed by atoms with E-state index in [1.807, 2.05) is 26.8 Å². The molecule has 0 aromatic heterocycles. The van der Waals surface area contributed by atoms with E-state index in [1.165, 1.54) is 0 Å². The average Bonchev–Trinajstić information content (AvgIpc) is 2.15. The van der Waals surface area contributed by atoms with Crippen LogP contribution in [-0.4, -0.2) is 12.2 Å². The number of hydrogen-bond donors (Lipinski definition) is 1.